The highest BCUT2D eigenvalue weighted by Crippen LogP contribution is 2.09. The molecular weight excluding hydrogens is 255 g/mol. The third kappa shape index (κ3) is 4.04. The standard InChI is InChI=1S/C12H17FN2O2S/c13-11-5-3-10(4-6-11)9-18(16,17)15-12-2-1-7-14-8-12/h3-6,12,14-15H,1-2,7-9H2/t12-/m1/s1. The van der Waals surface area contributed by atoms with Gasteiger partial charge in [0.15, 0.2) is 0 Å². The van der Waals surface area contributed by atoms with Crippen molar-refractivity contribution in [2.24, 2.45) is 0 Å². The fourth-order valence-electron chi connectivity index (χ4n) is 2.05. The van der Waals surface area contributed by atoms with Gasteiger partial charge in [-0.15, -0.1) is 0 Å². The molecule has 6 heteroatoms. The number of nitrogens with one attached hydrogen (secondary N) is 2. The smallest absolute Gasteiger partial charge is 0.216 e. The van der Waals surface area contributed by atoms with Gasteiger partial charge >= 0.3 is 0 Å². The number of hydrogen-bond donors (Lipinski definition) is 2. The van der Waals surface area contributed by atoms with Gasteiger partial charge in [-0.3, -0.25) is 0 Å². The van der Waals surface area contributed by atoms with Crippen LogP contribution in [0, 0.1) is 5.82 Å². The molecule has 1 aliphatic rings. The second kappa shape index (κ2) is 5.77. The van der Waals surface area contributed by atoms with Crippen LogP contribution >= 0.6 is 0 Å². The molecular formula is C12H17FN2O2S. The number of piperidine rings is 1. The van der Waals surface area contributed by atoms with Gasteiger partial charge < -0.3 is 5.32 Å². The number of sulfonamides is 1. The van der Waals surface area contributed by atoms with Crippen molar-refractivity contribution in [3.8, 4) is 0 Å². The van der Waals surface area contributed by atoms with Gasteiger partial charge in [-0.25, -0.2) is 17.5 Å². The van der Waals surface area contributed by atoms with E-state index in [-0.39, 0.29) is 17.6 Å². The van der Waals surface area contributed by atoms with Crippen LogP contribution in [0.4, 0.5) is 4.39 Å². The average molecular weight is 272 g/mol. The summed E-state index contributed by atoms with van der Waals surface area (Å²) < 4.78 is 39.2. The van der Waals surface area contributed by atoms with Crippen LogP contribution in [0.1, 0.15) is 18.4 Å². The average Bonchev–Trinajstić information content (AvgIpc) is 2.32. The maximum absolute atomic E-state index is 12.7. The number of hydrogen-bond acceptors (Lipinski definition) is 3. The van der Waals surface area contributed by atoms with Crippen molar-refractivity contribution < 1.29 is 12.8 Å². The van der Waals surface area contributed by atoms with Gasteiger partial charge in [-0.1, -0.05) is 12.1 Å². The fourth-order valence-corrected chi connectivity index (χ4v) is 3.47. The Labute approximate surface area is 107 Å². The van der Waals surface area contributed by atoms with Crippen LogP contribution in [0.3, 0.4) is 0 Å². The molecule has 0 unspecified atom stereocenters. The third-order valence-electron chi connectivity index (χ3n) is 2.91. The first kappa shape index (κ1) is 13.5. The molecule has 2 N–H and O–H groups in total. The maximum atomic E-state index is 12.7. The first-order valence-electron chi connectivity index (χ1n) is 6.00. The second-order valence-electron chi connectivity index (χ2n) is 4.55. The molecule has 1 aromatic carbocycles. The van der Waals surface area contributed by atoms with E-state index in [2.05, 4.69) is 10.0 Å². The summed E-state index contributed by atoms with van der Waals surface area (Å²) in [5.41, 5.74) is 0.590. The fraction of sp³-hybridized carbons (Fsp3) is 0.500. The molecule has 1 atom stereocenters. The van der Waals surface area contributed by atoms with Crippen molar-refractivity contribution in [1.82, 2.24) is 10.0 Å². The topological polar surface area (TPSA) is 58.2 Å². The first-order valence-corrected chi connectivity index (χ1v) is 7.65. The summed E-state index contributed by atoms with van der Waals surface area (Å²) in [5, 5.41) is 3.15. The van der Waals surface area contributed by atoms with Gasteiger partial charge in [0.25, 0.3) is 0 Å². The molecule has 0 amide bonds. The van der Waals surface area contributed by atoms with Crippen LogP contribution in [0.2, 0.25) is 0 Å². The van der Waals surface area contributed by atoms with Crippen LogP contribution in [-0.2, 0) is 15.8 Å². The lowest BCUT2D eigenvalue weighted by Crippen LogP contribution is -2.45. The van der Waals surface area contributed by atoms with E-state index in [0.717, 1.165) is 19.4 Å². The first-order chi connectivity index (χ1) is 8.55. The van der Waals surface area contributed by atoms with E-state index in [1.807, 2.05) is 0 Å². The highest BCUT2D eigenvalue weighted by atomic mass is 32.2. The molecule has 100 valence electrons. The van der Waals surface area contributed by atoms with Gasteiger partial charge in [0.05, 0.1) is 5.75 Å². The van der Waals surface area contributed by atoms with Crippen LogP contribution in [-0.4, -0.2) is 27.5 Å². The van der Waals surface area contributed by atoms with Gasteiger partial charge in [0, 0.05) is 12.6 Å². The summed E-state index contributed by atoms with van der Waals surface area (Å²) in [5.74, 6) is -0.468. The molecule has 1 fully saturated rings. The van der Waals surface area contributed by atoms with E-state index in [1.165, 1.54) is 24.3 Å². The van der Waals surface area contributed by atoms with Crippen LogP contribution < -0.4 is 10.0 Å². The van der Waals surface area contributed by atoms with E-state index in [0.29, 0.717) is 12.1 Å². The van der Waals surface area contributed by atoms with Crippen molar-refractivity contribution in [2.75, 3.05) is 13.1 Å². The van der Waals surface area contributed by atoms with Crippen LogP contribution in [0.25, 0.3) is 0 Å². The Bertz CT molecular complexity index is 481. The summed E-state index contributed by atoms with van der Waals surface area (Å²) >= 11 is 0. The molecule has 2 rings (SSSR count). The minimum absolute atomic E-state index is 0.0378. The Morgan fingerprint density at radius 2 is 2.06 bits per heavy atom. The molecule has 1 saturated heterocycles. The monoisotopic (exact) mass is 272 g/mol. The predicted octanol–water partition coefficient (Wildman–Crippen LogP) is 0.997. The normalized spacial score (nSPS) is 20.8. The molecule has 0 radical (unpaired) electrons. The summed E-state index contributed by atoms with van der Waals surface area (Å²) in [4.78, 5) is 0. The van der Waals surface area contributed by atoms with Gasteiger partial charge in [0.1, 0.15) is 5.82 Å². The molecule has 1 aliphatic heterocycles. The molecule has 0 aromatic heterocycles. The minimum Gasteiger partial charge on any atom is -0.315 e. The van der Waals surface area contributed by atoms with E-state index in [1.54, 1.807) is 0 Å². The molecule has 1 aromatic rings. The molecule has 0 bridgehead atoms. The Kier molecular flexibility index (Phi) is 4.31. The molecule has 4 nitrogen and oxygen atoms in total. The van der Waals surface area contributed by atoms with Gasteiger partial charge in [0.2, 0.25) is 10.0 Å². The molecule has 18 heavy (non-hydrogen) atoms. The van der Waals surface area contributed by atoms with E-state index in [4.69, 9.17) is 0 Å². The summed E-state index contributed by atoms with van der Waals surface area (Å²) in [7, 11) is -3.36. The zero-order chi connectivity index (χ0) is 13.0. The largest absolute Gasteiger partial charge is 0.315 e. The maximum Gasteiger partial charge on any atom is 0.216 e. The summed E-state index contributed by atoms with van der Waals surface area (Å²) in [6.45, 7) is 1.61. The lowest BCUT2D eigenvalue weighted by molar-refractivity contribution is 0.428. The summed E-state index contributed by atoms with van der Waals surface area (Å²) in [6, 6.07) is 5.49. The Morgan fingerprint density at radius 1 is 1.33 bits per heavy atom. The number of rotatable bonds is 4. The molecule has 1 heterocycles. The van der Waals surface area contributed by atoms with Gasteiger partial charge in [-0.05, 0) is 37.1 Å². The zero-order valence-electron chi connectivity index (χ0n) is 10.0. The number of benzene rings is 1. The van der Waals surface area contributed by atoms with Crippen molar-refractivity contribution in [1.29, 1.82) is 0 Å². The number of halogens is 1. The van der Waals surface area contributed by atoms with E-state index >= 15 is 0 Å². The van der Waals surface area contributed by atoms with Crippen molar-refractivity contribution in [3.63, 3.8) is 0 Å². The van der Waals surface area contributed by atoms with Crippen molar-refractivity contribution in [2.45, 2.75) is 24.6 Å². The lowest BCUT2D eigenvalue weighted by Gasteiger charge is -2.23. The van der Waals surface area contributed by atoms with Gasteiger partial charge in [-0.2, -0.15) is 0 Å². The second-order valence-corrected chi connectivity index (χ2v) is 6.30. The molecule has 0 aliphatic carbocycles. The quantitative estimate of drug-likeness (QED) is 0.859. The highest BCUT2D eigenvalue weighted by Gasteiger charge is 2.20. The van der Waals surface area contributed by atoms with E-state index in [9.17, 15) is 12.8 Å². The molecule has 0 spiro atoms. The van der Waals surface area contributed by atoms with Crippen molar-refractivity contribution in [3.05, 3.63) is 35.6 Å². The summed E-state index contributed by atoms with van der Waals surface area (Å²) in [6.07, 6.45) is 1.83. The molecule has 0 saturated carbocycles. The minimum atomic E-state index is -3.36. The third-order valence-corrected chi connectivity index (χ3v) is 4.32. The van der Waals surface area contributed by atoms with Crippen LogP contribution in [0.15, 0.2) is 24.3 Å². The SMILES string of the molecule is O=S(=O)(Cc1ccc(F)cc1)N[C@@H]1CCCNC1. The van der Waals surface area contributed by atoms with E-state index < -0.39 is 10.0 Å². The lowest BCUT2D eigenvalue weighted by atomic mass is 10.1. The Balaban J connectivity index is 1.96. The van der Waals surface area contributed by atoms with Crippen LogP contribution in [0.5, 0.6) is 0 Å². The Hall–Kier alpha value is -0.980. The Morgan fingerprint density at radius 3 is 2.67 bits per heavy atom. The predicted molar refractivity (Wildman–Crippen MR) is 68.1 cm³/mol. The highest BCUT2D eigenvalue weighted by molar-refractivity contribution is 7.88. The van der Waals surface area contributed by atoms with Crippen molar-refractivity contribution >= 4 is 10.0 Å². The zero-order valence-corrected chi connectivity index (χ0v) is 10.8.